The lowest BCUT2D eigenvalue weighted by Gasteiger charge is -2.35. The molecule has 1 aliphatic rings. The highest BCUT2D eigenvalue weighted by Crippen LogP contribution is 2.27. The molecular formula is C16H21N5O4S2. The molecule has 0 saturated carbocycles. The van der Waals surface area contributed by atoms with E-state index in [1.54, 1.807) is 6.92 Å². The molecule has 0 atom stereocenters. The Labute approximate surface area is 162 Å². The third-order valence-corrected chi connectivity index (χ3v) is 6.18. The number of hydrogen-bond acceptors (Lipinski definition) is 8. The Bertz CT molecular complexity index is 907. The Kier molecular flexibility index (Phi) is 6.02. The summed E-state index contributed by atoms with van der Waals surface area (Å²) in [7, 11) is -3.18. The number of sulfonamides is 1. The lowest BCUT2D eigenvalue weighted by atomic mass is 10.2. The van der Waals surface area contributed by atoms with Gasteiger partial charge in [0, 0.05) is 33.1 Å². The van der Waals surface area contributed by atoms with Gasteiger partial charge in [0.25, 0.3) is 5.22 Å². The van der Waals surface area contributed by atoms with Crippen LogP contribution < -0.4 is 10.2 Å². The molecule has 1 aromatic carbocycles. The average Bonchev–Trinajstić information content (AvgIpc) is 3.05. The van der Waals surface area contributed by atoms with E-state index in [0.29, 0.717) is 43.0 Å². The van der Waals surface area contributed by atoms with Gasteiger partial charge in [-0.1, -0.05) is 23.9 Å². The molecule has 3 rings (SSSR count). The summed E-state index contributed by atoms with van der Waals surface area (Å²) in [6, 6.07) is 7.49. The molecule has 0 radical (unpaired) electrons. The first-order valence-corrected chi connectivity index (χ1v) is 11.2. The van der Waals surface area contributed by atoms with Gasteiger partial charge in [-0.2, -0.15) is 4.31 Å². The molecule has 9 nitrogen and oxygen atoms in total. The molecule has 1 aliphatic heterocycles. The molecule has 1 N–H and O–H groups in total. The quantitative estimate of drug-likeness (QED) is 0.706. The van der Waals surface area contributed by atoms with E-state index in [9.17, 15) is 13.2 Å². The molecule has 0 unspecified atom stereocenters. The zero-order valence-electron chi connectivity index (χ0n) is 15.1. The fraction of sp³-hybridized carbons (Fsp3) is 0.438. The van der Waals surface area contributed by atoms with Crippen LogP contribution in [0.5, 0.6) is 0 Å². The first-order chi connectivity index (χ1) is 12.8. The summed E-state index contributed by atoms with van der Waals surface area (Å²) < 4.78 is 30.0. The second-order valence-corrected chi connectivity index (χ2v) is 9.00. The minimum Gasteiger partial charge on any atom is -0.416 e. The largest absolute Gasteiger partial charge is 0.416 e. The fourth-order valence-corrected chi connectivity index (χ4v) is 4.20. The van der Waals surface area contributed by atoms with Crippen LogP contribution in [0.15, 0.2) is 33.9 Å². The van der Waals surface area contributed by atoms with Crippen molar-refractivity contribution in [3.8, 4) is 0 Å². The van der Waals surface area contributed by atoms with E-state index in [1.165, 1.54) is 22.3 Å². The van der Waals surface area contributed by atoms with Crippen LogP contribution in [-0.2, 0) is 14.8 Å². The van der Waals surface area contributed by atoms with Gasteiger partial charge in [-0.05, 0) is 12.1 Å². The number of carbonyl (C=O) groups is 1. The van der Waals surface area contributed by atoms with Crippen LogP contribution in [0.1, 0.15) is 5.89 Å². The Morgan fingerprint density at radius 2 is 1.93 bits per heavy atom. The zero-order valence-corrected chi connectivity index (χ0v) is 16.7. The molecule has 146 valence electrons. The number of nitrogens with zero attached hydrogens (tertiary/aromatic N) is 4. The van der Waals surface area contributed by atoms with Crippen LogP contribution >= 0.6 is 11.8 Å². The first-order valence-electron chi connectivity index (χ1n) is 8.35. The van der Waals surface area contributed by atoms with Crippen molar-refractivity contribution in [2.24, 2.45) is 0 Å². The van der Waals surface area contributed by atoms with Crippen molar-refractivity contribution in [3.63, 3.8) is 0 Å². The summed E-state index contributed by atoms with van der Waals surface area (Å²) in [6.07, 6.45) is 1.22. The van der Waals surface area contributed by atoms with E-state index < -0.39 is 10.0 Å². The van der Waals surface area contributed by atoms with Crippen molar-refractivity contribution in [3.05, 3.63) is 30.2 Å². The van der Waals surface area contributed by atoms with Gasteiger partial charge in [0.15, 0.2) is 0 Å². The van der Waals surface area contributed by atoms with Crippen molar-refractivity contribution < 1.29 is 17.6 Å². The lowest BCUT2D eigenvalue weighted by molar-refractivity contribution is -0.113. The van der Waals surface area contributed by atoms with Gasteiger partial charge >= 0.3 is 0 Å². The molecule has 2 aromatic rings. The molecule has 1 saturated heterocycles. The first kappa shape index (κ1) is 19.6. The van der Waals surface area contributed by atoms with Crippen LogP contribution in [0.4, 0.5) is 11.4 Å². The van der Waals surface area contributed by atoms with Crippen LogP contribution in [0.2, 0.25) is 0 Å². The summed E-state index contributed by atoms with van der Waals surface area (Å²) in [5.74, 6) is 0.423. The van der Waals surface area contributed by atoms with E-state index in [1.807, 2.05) is 24.3 Å². The maximum atomic E-state index is 12.3. The number of hydrogen-bond donors (Lipinski definition) is 1. The van der Waals surface area contributed by atoms with Gasteiger partial charge in [0.1, 0.15) is 0 Å². The summed E-state index contributed by atoms with van der Waals surface area (Å²) in [6.45, 7) is 3.67. The van der Waals surface area contributed by atoms with Crippen molar-refractivity contribution in [2.75, 3.05) is 48.4 Å². The van der Waals surface area contributed by atoms with Crippen LogP contribution in [0, 0.1) is 6.92 Å². The molecule has 2 heterocycles. The summed E-state index contributed by atoms with van der Waals surface area (Å²) in [4.78, 5) is 14.4. The molecule has 0 bridgehead atoms. The molecule has 11 heteroatoms. The number of aryl methyl sites for hydroxylation is 1. The molecular weight excluding hydrogens is 390 g/mol. The minimum atomic E-state index is -3.18. The van der Waals surface area contributed by atoms with E-state index >= 15 is 0 Å². The minimum absolute atomic E-state index is 0.151. The third kappa shape index (κ3) is 5.21. The Hall–Kier alpha value is -2.11. The van der Waals surface area contributed by atoms with Gasteiger partial charge in [0.2, 0.25) is 21.8 Å². The van der Waals surface area contributed by atoms with Gasteiger partial charge in [0.05, 0.1) is 23.4 Å². The standard InChI is InChI=1S/C16H21N5O4S2/c1-12-18-19-16(25-12)26-11-15(22)17-13-5-3-4-6-14(13)20-7-9-21(10-8-20)27(2,23)24/h3-6H,7-11H2,1-2H3,(H,17,22). The highest BCUT2D eigenvalue weighted by Gasteiger charge is 2.24. The highest BCUT2D eigenvalue weighted by atomic mass is 32.2. The van der Waals surface area contributed by atoms with Gasteiger partial charge in [-0.15, -0.1) is 10.2 Å². The van der Waals surface area contributed by atoms with E-state index in [2.05, 4.69) is 20.4 Å². The summed E-state index contributed by atoms with van der Waals surface area (Å²) in [5.41, 5.74) is 1.57. The number of rotatable bonds is 6. The normalized spacial score (nSPS) is 15.7. The number of anilines is 2. The topological polar surface area (TPSA) is 109 Å². The van der Waals surface area contributed by atoms with Crippen molar-refractivity contribution in [1.29, 1.82) is 0 Å². The van der Waals surface area contributed by atoms with E-state index in [-0.39, 0.29) is 11.7 Å². The summed E-state index contributed by atoms with van der Waals surface area (Å²) in [5, 5.41) is 10.8. The van der Waals surface area contributed by atoms with E-state index in [0.717, 1.165) is 5.69 Å². The predicted molar refractivity (Wildman–Crippen MR) is 103 cm³/mol. The number of amides is 1. The molecule has 1 fully saturated rings. The second kappa shape index (κ2) is 8.28. The Morgan fingerprint density at radius 3 is 2.56 bits per heavy atom. The Morgan fingerprint density at radius 1 is 1.22 bits per heavy atom. The maximum Gasteiger partial charge on any atom is 0.277 e. The van der Waals surface area contributed by atoms with Gasteiger partial charge in [-0.25, -0.2) is 8.42 Å². The summed E-state index contributed by atoms with van der Waals surface area (Å²) >= 11 is 1.17. The van der Waals surface area contributed by atoms with Gasteiger partial charge in [-0.3, -0.25) is 4.79 Å². The van der Waals surface area contributed by atoms with E-state index in [4.69, 9.17) is 4.42 Å². The third-order valence-electron chi connectivity index (χ3n) is 4.06. The predicted octanol–water partition coefficient (Wildman–Crippen LogP) is 1.19. The highest BCUT2D eigenvalue weighted by molar-refractivity contribution is 7.99. The molecule has 0 aliphatic carbocycles. The van der Waals surface area contributed by atoms with Gasteiger partial charge < -0.3 is 14.6 Å². The molecule has 0 spiro atoms. The number of piperazine rings is 1. The zero-order chi connectivity index (χ0) is 19.4. The number of nitrogens with one attached hydrogen (secondary N) is 1. The number of thioether (sulfide) groups is 1. The van der Waals surface area contributed by atoms with Crippen molar-refractivity contribution in [1.82, 2.24) is 14.5 Å². The Balaban J connectivity index is 1.61. The molecule has 27 heavy (non-hydrogen) atoms. The molecule has 1 aromatic heterocycles. The van der Waals surface area contributed by atoms with Crippen molar-refractivity contribution >= 4 is 39.1 Å². The smallest absolute Gasteiger partial charge is 0.277 e. The van der Waals surface area contributed by atoms with Crippen molar-refractivity contribution in [2.45, 2.75) is 12.1 Å². The number of aromatic nitrogens is 2. The second-order valence-electron chi connectivity index (χ2n) is 6.09. The van der Waals surface area contributed by atoms with Crippen LogP contribution in [-0.4, -0.2) is 67.0 Å². The molecule has 1 amide bonds. The van der Waals surface area contributed by atoms with Crippen LogP contribution in [0.25, 0.3) is 0 Å². The van der Waals surface area contributed by atoms with Crippen LogP contribution in [0.3, 0.4) is 0 Å². The maximum absolute atomic E-state index is 12.3. The lowest BCUT2D eigenvalue weighted by Crippen LogP contribution is -2.48. The SMILES string of the molecule is Cc1nnc(SCC(=O)Nc2ccccc2N2CCN(S(C)(=O)=O)CC2)o1. The monoisotopic (exact) mass is 411 g/mol. The number of benzene rings is 1. The number of para-hydroxylation sites is 2. The number of carbonyl (C=O) groups excluding carboxylic acids is 1. The average molecular weight is 412 g/mol. The fourth-order valence-electron chi connectivity index (χ4n) is 2.77.